The Hall–Kier alpha value is -2.69. The summed E-state index contributed by atoms with van der Waals surface area (Å²) in [5, 5.41) is 42.7. The lowest BCUT2D eigenvalue weighted by Crippen LogP contribution is -2.54. The third-order valence-corrected chi connectivity index (χ3v) is 6.68. The number of nitrogens with zero attached hydrogens (tertiary/aromatic N) is 4. The van der Waals surface area contributed by atoms with Crippen molar-refractivity contribution in [3.63, 3.8) is 0 Å². The van der Waals surface area contributed by atoms with Gasteiger partial charge in [-0.05, 0) is 56.8 Å². The van der Waals surface area contributed by atoms with Gasteiger partial charge in [-0.3, -0.25) is 29.2 Å². The molecule has 2 heterocycles. The third kappa shape index (κ3) is 19.4. The summed E-state index contributed by atoms with van der Waals surface area (Å²) in [6, 6.07) is -0.882. The van der Waals surface area contributed by atoms with Crippen LogP contribution in [0.25, 0.3) is 0 Å². The Labute approximate surface area is 269 Å². The number of aliphatic hydroxyl groups is 1. The number of hydrogen-bond acceptors (Lipinski definition) is 11. The van der Waals surface area contributed by atoms with Gasteiger partial charge >= 0.3 is 0 Å². The van der Waals surface area contributed by atoms with Gasteiger partial charge in [0, 0.05) is 52.0 Å². The molecule has 1 aromatic rings. The minimum absolute atomic E-state index is 0.367. The zero-order chi connectivity index (χ0) is 33.7. The molecular weight excluding hydrogens is 580 g/mol. The molecule has 1 aromatic heterocycles. The van der Waals surface area contributed by atoms with E-state index in [4.69, 9.17) is 5.21 Å². The lowest BCUT2D eigenvalue weighted by molar-refractivity contribution is -0.142. The van der Waals surface area contributed by atoms with E-state index in [1.165, 1.54) is 5.48 Å². The highest BCUT2D eigenvalue weighted by Crippen LogP contribution is 2.19. The Kier molecular flexibility index (Phi) is 20.4. The first-order chi connectivity index (χ1) is 21.3. The average molecular weight is 641 g/mol. The van der Waals surface area contributed by atoms with Gasteiger partial charge in [-0.2, -0.15) is 0 Å². The number of amides is 3. The molecule has 15 heteroatoms. The number of hydroxylamine groups is 1. The van der Waals surface area contributed by atoms with Gasteiger partial charge in [0.1, 0.15) is 12.1 Å². The summed E-state index contributed by atoms with van der Waals surface area (Å²) in [5.41, 5.74) is 1.58. The molecule has 1 aliphatic heterocycles. The molecule has 0 radical (unpaired) electrons. The van der Waals surface area contributed by atoms with Gasteiger partial charge in [-0.25, -0.2) is 5.48 Å². The highest BCUT2D eigenvalue weighted by Gasteiger charge is 2.33. The van der Waals surface area contributed by atoms with Crippen LogP contribution in [-0.2, 0) is 27.5 Å². The zero-order valence-corrected chi connectivity index (χ0v) is 28.3. The van der Waals surface area contributed by atoms with Crippen molar-refractivity contribution in [2.24, 2.45) is 11.3 Å². The molecule has 0 aliphatic carbocycles. The minimum atomic E-state index is -1.72. The SMILES string of the molecule is CC(C)(C)[C@H](NC(=O)C[C@H](O)C(=O)NO)C(=O)NCCCn1cc(CN2CCCNCCNCCCNCC2)nn1.CC(C)C. The Morgan fingerprint density at radius 1 is 0.956 bits per heavy atom. The molecule has 2 rings (SSSR count). The molecule has 0 unspecified atom stereocenters. The van der Waals surface area contributed by atoms with Crippen molar-refractivity contribution < 1.29 is 24.7 Å². The summed E-state index contributed by atoms with van der Waals surface area (Å²) in [4.78, 5) is 38.8. The van der Waals surface area contributed by atoms with Crippen LogP contribution in [-0.4, -0.2) is 119 Å². The summed E-state index contributed by atoms with van der Waals surface area (Å²) in [5.74, 6) is -1.31. The van der Waals surface area contributed by atoms with Crippen LogP contribution in [0.15, 0.2) is 6.20 Å². The topological polar surface area (TPSA) is 198 Å². The van der Waals surface area contributed by atoms with E-state index >= 15 is 0 Å². The molecule has 0 spiro atoms. The third-order valence-electron chi connectivity index (χ3n) is 6.68. The van der Waals surface area contributed by atoms with Crippen molar-refractivity contribution >= 4 is 17.7 Å². The Balaban J connectivity index is 0.00000238. The number of carbonyl (C=O) groups is 3. The van der Waals surface area contributed by atoms with Gasteiger partial charge in [0.15, 0.2) is 0 Å². The van der Waals surface area contributed by atoms with E-state index in [2.05, 4.69) is 62.6 Å². The lowest BCUT2D eigenvalue weighted by atomic mass is 9.86. The Bertz CT molecular complexity index is 952. The van der Waals surface area contributed by atoms with Crippen molar-refractivity contribution in [2.45, 2.75) is 92.5 Å². The maximum atomic E-state index is 12.9. The van der Waals surface area contributed by atoms with E-state index in [0.717, 1.165) is 83.4 Å². The maximum Gasteiger partial charge on any atom is 0.272 e. The number of carbonyl (C=O) groups excluding carboxylic acids is 3. The van der Waals surface area contributed by atoms with Crippen LogP contribution >= 0.6 is 0 Å². The number of aliphatic hydroxyl groups excluding tert-OH is 1. The van der Waals surface area contributed by atoms with Gasteiger partial charge in [0.25, 0.3) is 5.91 Å². The number of rotatable bonds is 11. The fraction of sp³-hybridized carbons (Fsp3) is 0.833. The van der Waals surface area contributed by atoms with Crippen LogP contribution < -0.4 is 32.1 Å². The highest BCUT2D eigenvalue weighted by atomic mass is 16.5. The second-order valence-electron chi connectivity index (χ2n) is 13.1. The van der Waals surface area contributed by atoms with Crippen LogP contribution in [0.3, 0.4) is 0 Å². The van der Waals surface area contributed by atoms with E-state index in [-0.39, 0.29) is 5.91 Å². The minimum Gasteiger partial charge on any atom is -0.383 e. The van der Waals surface area contributed by atoms with Crippen LogP contribution in [0.2, 0.25) is 0 Å². The van der Waals surface area contributed by atoms with Crippen molar-refractivity contribution in [2.75, 3.05) is 58.9 Å². The molecule has 1 saturated heterocycles. The fourth-order valence-corrected chi connectivity index (χ4v) is 4.37. The maximum absolute atomic E-state index is 12.9. The van der Waals surface area contributed by atoms with Gasteiger partial charge < -0.3 is 31.7 Å². The second kappa shape index (κ2) is 22.8. The first-order valence-corrected chi connectivity index (χ1v) is 16.3. The van der Waals surface area contributed by atoms with Crippen molar-refractivity contribution in [1.82, 2.24) is 52.0 Å². The van der Waals surface area contributed by atoms with E-state index in [9.17, 15) is 19.5 Å². The molecule has 0 aromatic carbocycles. The van der Waals surface area contributed by atoms with Crippen LogP contribution in [0.4, 0.5) is 0 Å². The predicted molar refractivity (Wildman–Crippen MR) is 173 cm³/mol. The summed E-state index contributed by atoms with van der Waals surface area (Å²) >= 11 is 0. The standard InChI is InChI=1S/C26H50N10O5.C4H10/c1-26(2,3)23(31-22(38)17-21(37)24(39)33-41)25(40)30-10-6-15-36-19-20(32-34-36)18-35-14-5-9-28-12-11-27-7-4-8-29-13-16-35;1-4(2)3/h19,21,23,27-29,37,41H,4-18H2,1-3H3,(H,30,40)(H,31,38)(H,33,39);4H,1-3H3/t21-,23+;/m0./s1. The predicted octanol–water partition coefficient (Wildman–Crippen LogP) is -0.401. The summed E-state index contributed by atoms with van der Waals surface area (Å²) in [7, 11) is 0. The smallest absolute Gasteiger partial charge is 0.272 e. The van der Waals surface area contributed by atoms with E-state index in [1.807, 2.05) is 6.20 Å². The molecule has 45 heavy (non-hydrogen) atoms. The molecule has 1 aliphatic rings. The Morgan fingerprint density at radius 2 is 1.58 bits per heavy atom. The monoisotopic (exact) mass is 640 g/mol. The zero-order valence-electron chi connectivity index (χ0n) is 28.3. The largest absolute Gasteiger partial charge is 0.383 e. The quantitative estimate of drug-likeness (QED) is 0.0890. The molecule has 3 amide bonds. The molecule has 8 N–H and O–H groups in total. The van der Waals surface area contributed by atoms with Gasteiger partial charge in [0.2, 0.25) is 11.8 Å². The molecule has 0 saturated carbocycles. The van der Waals surface area contributed by atoms with Gasteiger partial charge in [-0.1, -0.05) is 46.8 Å². The second-order valence-corrected chi connectivity index (χ2v) is 13.1. The van der Waals surface area contributed by atoms with Crippen molar-refractivity contribution in [3.05, 3.63) is 11.9 Å². The first-order valence-electron chi connectivity index (χ1n) is 16.3. The number of hydrogen-bond donors (Lipinski definition) is 8. The number of aryl methyl sites for hydroxylation is 1. The van der Waals surface area contributed by atoms with E-state index in [0.29, 0.717) is 19.5 Å². The molecule has 2 atom stereocenters. The number of nitrogens with one attached hydrogen (secondary N) is 6. The van der Waals surface area contributed by atoms with E-state index in [1.54, 1.807) is 25.5 Å². The van der Waals surface area contributed by atoms with Crippen LogP contribution in [0.5, 0.6) is 0 Å². The highest BCUT2D eigenvalue weighted by molar-refractivity contribution is 5.91. The summed E-state index contributed by atoms with van der Waals surface area (Å²) < 4.78 is 1.77. The van der Waals surface area contributed by atoms with Crippen molar-refractivity contribution in [3.8, 4) is 0 Å². The van der Waals surface area contributed by atoms with E-state index < -0.39 is 35.8 Å². The normalized spacial score (nSPS) is 17.3. The van der Waals surface area contributed by atoms with Gasteiger partial charge in [0.05, 0.1) is 12.1 Å². The van der Waals surface area contributed by atoms with Gasteiger partial charge in [-0.15, -0.1) is 5.10 Å². The molecule has 0 bridgehead atoms. The fourth-order valence-electron chi connectivity index (χ4n) is 4.37. The summed E-state index contributed by atoms with van der Waals surface area (Å²) in [6.07, 6.45) is 2.42. The summed E-state index contributed by atoms with van der Waals surface area (Å²) in [6.45, 7) is 21.4. The molecule has 15 nitrogen and oxygen atoms in total. The molecule has 1 fully saturated rings. The van der Waals surface area contributed by atoms with Crippen molar-refractivity contribution in [1.29, 1.82) is 0 Å². The lowest BCUT2D eigenvalue weighted by Gasteiger charge is -2.30. The molecular formula is C30H60N10O5. The number of aromatic nitrogens is 3. The first kappa shape index (κ1) is 40.3. The van der Waals surface area contributed by atoms with Crippen LogP contribution in [0.1, 0.15) is 72.9 Å². The van der Waals surface area contributed by atoms with Crippen LogP contribution in [0, 0.1) is 11.3 Å². The molecule has 260 valence electrons. The average Bonchev–Trinajstić information content (AvgIpc) is 3.41. The Morgan fingerprint density at radius 3 is 2.20 bits per heavy atom.